The van der Waals surface area contributed by atoms with E-state index in [9.17, 15) is 0 Å². The van der Waals surface area contributed by atoms with Crippen molar-refractivity contribution in [1.29, 1.82) is 0 Å². The Hall–Kier alpha value is -1.04. The fourth-order valence-electron chi connectivity index (χ4n) is 0.908. The summed E-state index contributed by atoms with van der Waals surface area (Å²) >= 11 is 0. The van der Waals surface area contributed by atoms with E-state index in [2.05, 4.69) is 0 Å². The van der Waals surface area contributed by atoms with Gasteiger partial charge in [-0.2, -0.15) is 0 Å². The maximum atomic E-state index is 5.53. The van der Waals surface area contributed by atoms with Crippen molar-refractivity contribution in [2.75, 3.05) is 12.3 Å². The largest absolute Gasteiger partial charge is 0.525 e. The van der Waals surface area contributed by atoms with Crippen LogP contribution in [-0.2, 0) is 4.43 Å². The van der Waals surface area contributed by atoms with Crippen molar-refractivity contribution in [2.45, 2.75) is 13.0 Å². The van der Waals surface area contributed by atoms with Gasteiger partial charge < -0.3 is 20.3 Å². The number of hydrogen-bond acceptors (Lipinski definition) is 4. The van der Waals surface area contributed by atoms with Gasteiger partial charge in [-0.15, -0.1) is 0 Å². The summed E-state index contributed by atoms with van der Waals surface area (Å²) in [6.07, 6.45) is 0. The molecule has 1 unspecified atom stereocenters. The zero-order valence-corrected chi connectivity index (χ0v) is 9.69. The summed E-state index contributed by atoms with van der Waals surface area (Å²) in [5, 5.41) is 0. The van der Waals surface area contributed by atoms with Gasteiger partial charge in [0.2, 0.25) is 0 Å². The van der Waals surface area contributed by atoms with Crippen molar-refractivity contribution in [3.63, 3.8) is 0 Å². The second-order valence-corrected chi connectivity index (χ2v) is 4.11. The highest BCUT2D eigenvalue weighted by molar-refractivity contribution is 6.19. The minimum absolute atomic E-state index is 0.0671. The third-order valence-corrected chi connectivity index (χ3v) is 2.42. The molecule has 78 valence electrons. The van der Waals surface area contributed by atoms with Gasteiger partial charge >= 0.3 is 10.0 Å². The maximum Gasteiger partial charge on any atom is 0.366 e. The van der Waals surface area contributed by atoms with Crippen molar-refractivity contribution >= 4 is 15.7 Å². The van der Waals surface area contributed by atoms with Crippen LogP contribution in [0.15, 0.2) is 24.3 Å². The zero-order valence-electron chi connectivity index (χ0n) is 8.27. The second kappa shape index (κ2) is 5.64. The normalized spacial score (nSPS) is 13.3. The van der Waals surface area contributed by atoms with Crippen LogP contribution in [0.5, 0.6) is 5.75 Å². The van der Waals surface area contributed by atoms with Crippen LogP contribution in [0.3, 0.4) is 0 Å². The zero-order chi connectivity index (χ0) is 10.4. The smallest absolute Gasteiger partial charge is 0.366 e. The molecule has 0 radical (unpaired) electrons. The molecule has 4 N–H and O–H groups in total. The van der Waals surface area contributed by atoms with Gasteiger partial charge in [-0.25, -0.2) is 0 Å². The SMILES string of the molecule is CC(N)CO[SiH2]Oc1ccc(N)cc1. The predicted molar refractivity (Wildman–Crippen MR) is 59.6 cm³/mol. The van der Waals surface area contributed by atoms with E-state index in [-0.39, 0.29) is 6.04 Å². The molecule has 0 spiro atoms. The van der Waals surface area contributed by atoms with Gasteiger partial charge in [0.25, 0.3) is 0 Å². The number of nitrogens with two attached hydrogens (primary N) is 2. The molecule has 14 heavy (non-hydrogen) atoms. The molecule has 1 atom stereocenters. The average molecular weight is 212 g/mol. The monoisotopic (exact) mass is 212 g/mol. The van der Waals surface area contributed by atoms with Crippen molar-refractivity contribution in [3.8, 4) is 5.75 Å². The molecule has 0 aromatic heterocycles. The average Bonchev–Trinajstić information content (AvgIpc) is 2.15. The van der Waals surface area contributed by atoms with Crippen LogP contribution >= 0.6 is 0 Å². The van der Waals surface area contributed by atoms with E-state index in [4.69, 9.17) is 20.3 Å². The Bertz CT molecular complexity index is 264. The van der Waals surface area contributed by atoms with Crippen LogP contribution in [0.25, 0.3) is 0 Å². The molecule has 0 saturated heterocycles. The summed E-state index contributed by atoms with van der Waals surface area (Å²) in [4.78, 5) is 0. The van der Waals surface area contributed by atoms with Gasteiger partial charge in [-0.3, -0.25) is 0 Å². The maximum absolute atomic E-state index is 5.53. The standard InChI is InChI=1S/C9H16N2O2Si/c1-7(10)6-12-14-13-9-4-2-8(11)3-5-9/h2-5,7H,6,10-11,14H2,1H3. The Labute approximate surface area is 86.3 Å². The molecular weight excluding hydrogens is 196 g/mol. The first-order valence-corrected chi connectivity index (χ1v) is 5.65. The van der Waals surface area contributed by atoms with Crippen LogP contribution in [-0.4, -0.2) is 22.7 Å². The van der Waals surface area contributed by atoms with E-state index in [0.29, 0.717) is 6.61 Å². The van der Waals surface area contributed by atoms with E-state index >= 15 is 0 Å². The van der Waals surface area contributed by atoms with Crippen molar-refractivity contribution in [1.82, 2.24) is 0 Å². The highest BCUT2D eigenvalue weighted by Gasteiger charge is 1.96. The van der Waals surface area contributed by atoms with Crippen LogP contribution in [0.4, 0.5) is 5.69 Å². The lowest BCUT2D eigenvalue weighted by molar-refractivity contribution is 0.272. The summed E-state index contributed by atoms with van der Waals surface area (Å²) in [5.41, 5.74) is 11.8. The van der Waals surface area contributed by atoms with Gasteiger partial charge in [0.05, 0.1) is 6.61 Å². The molecule has 4 nitrogen and oxygen atoms in total. The summed E-state index contributed by atoms with van der Waals surface area (Å²) in [5.74, 6) is 0.801. The minimum Gasteiger partial charge on any atom is -0.525 e. The number of anilines is 1. The van der Waals surface area contributed by atoms with Crippen LogP contribution in [0.1, 0.15) is 6.92 Å². The van der Waals surface area contributed by atoms with E-state index in [0.717, 1.165) is 11.4 Å². The molecule has 0 aliphatic carbocycles. The van der Waals surface area contributed by atoms with Crippen LogP contribution in [0, 0.1) is 0 Å². The lowest BCUT2D eigenvalue weighted by atomic mass is 10.3. The second-order valence-electron chi connectivity index (χ2n) is 3.18. The highest BCUT2D eigenvalue weighted by Crippen LogP contribution is 2.12. The summed E-state index contributed by atoms with van der Waals surface area (Å²) < 4.78 is 10.7. The molecule has 0 amide bonds. The number of nitrogen functional groups attached to an aromatic ring is 1. The van der Waals surface area contributed by atoms with Crippen LogP contribution in [0.2, 0.25) is 0 Å². The molecule has 5 heteroatoms. The van der Waals surface area contributed by atoms with Gasteiger partial charge in [-0.1, -0.05) is 0 Å². The minimum atomic E-state index is -0.963. The third kappa shape index (κ3) is 4.27. The van der Waals surface area contributed by atoms with Gasteiger partial charge in [0, 0.05) is 11.7 Å². The van der Waals surface area contributed by atoms with E-state index in [1.165, 1.54) is 0 Å². The van der Waals surface area contributed by atoms with Gasteiger partial charge in [0.1, 0.15) is 5.75 Å². The Morgan fingerprint density at radius 1 is 1.36 bits per heavy atom. The molecule has 0 fully saturated rings. The predicted octanol–water partition coefficient (Wildman–Crippen LogP) is 0.0102. The Morgan fingerprint density at radius 2 is 2.00 bits per heavy atom. The highest BCUT2D eigenvalue weighted by atomic mass is 28.3. The lowest BCUT2D eigenvalue weighted by Gasteiger charge is -2.08. The molecule has 0 aliphatic rings. The Morgan fingerprint density at radius 3 is 2.57 bits per heavy atom. The quantitative estimate of drug-likeness (QED) is 0.410. The molecule has 1 rings (SSSR count). The van der Waals surface area contributed by atoms with Crippen molar-refractivity contribution in [3.05, 3.63) is 24.3 Å². The first-order valence-electron chi connectivity index (χ1n) is 4.50. The third-order valence-electron chi connectivity index (χ3n) is 1.57. The van der Waals surface area contributed by atoms with Gasteiger partial charge in [-0.05, 0) is 31.2 Å². The summed E-state index contributed by atoms with van der Waals surface area (Å²) in [7, 11) is -0.963. The van der Waals surface area contributed by atoms with Gasteiger partial charge in [0.15, 0.2) is 0 Å². The number of rotatable bonds is 5. The molecule has 0 heterocycles. The Balaban J connectivity index is 2.21. The molecule has 1 aromatic rings. The lowest BCUT2D eigenvalue weighted by Crippen LogP contribution is -2.24. The van der Waals surface area contributed by atoms with Crippen molar-refractivity contribution in [2.24, 2.45) is 5.73 Å². The van der Waals surface area contributed by atoms with E-state index in [1.807, 2.05) is 19.1 Å². The van der Waals surface area contributed by atoms with E-state index in [1.54, 1.807) is 12.1 Å². The molecule has 0 aliphatic heterocycles. The topological polar surface area (TPSA) is 70.5 Å². The molecule has 1 aromatic carbocycles. The number of benzene rings is 1. The first-order chi connectivity index (χ1) is 6.68. The van der Waals surface area contributed by atoms with Crippen molar-refractivity contribution < 1.29 is 8.85 Å². The summed E-state index contributed by atoms with van der Waals surface area (Å²) in [6.45, 7) is 2.46. The summed E-state index contributed by atoms with van der Waals surface area (Å²) in [6, 6.07) is 7.33. The van der Waals surface area contributed by atoms with E-state index < -0.39 is 10.0 Å². The first kappa shape index (κ1) is 11.0. The molecule has 0 bridgehead atoms. The number of hydrogen-bond donors (Lipinski definition) is 2. The Kier molecular flexibility index (Phi) is 4.44. The molecular formula is C9H16N2O2Si. The fourth-order valence-corrected chi connectivity index (χ4v) is 1.79. The molecule has 0 saturated carbocycles. The fraction of sp³-hybridized carbons (Fsp3) is 0.333. The van der Waals surface area contributed by atoms with Crippen LogP contribution < -0.4 is 15.9 Å².